The van der Waals surface area contributed by atoms with E-state index in [1.54, 1.807) is 5.38 Å². The van der Waals surface area contributed by atoms with Gasteiger partial charge in [0.15, 0.2) is 10.8 Å². The highest BCUT2D eigenvalue weighted by atomic mass is 32.3. The Kier molecular flexibility index (Phi) is 8.81. The molecule has 0 radical (unpaired) electrons. The molecule has 18 heteroatoms. The van der Waals surface area contributed by atoms with Gasteiger partial charge in [-0.15, -0.1) is 23.1 Å². The fraction of sp³-hybridized carbons (Fsp3) is 0.526. The molecule has 0 unspecified atom stereocenters. The van der Waals surface area contributed by atoms with Crippen LogP contribution in [-0.4, -0.2) is 106 Å². The molecule has 0 bridgehead atoms. The Morgan fingerprint density at radius 3 is 2.51 bits per heavy atom. The minimum absolute atomic E-state index is 0.0615. The largest absolute Gasteiger partial charge is 0.543 e. The average molecular weight is 579 g/mol. The van der Waals surface area contributed by atoms with Crippen molar-refractivity contribution in [2.24, 2.45) is 5.16 Å². The lowest BCUT2D eigenvalue weighted by Gasteiger charge is -2.51. The first-order chi connectivity index (χ1) is 17.2. The Morgan fingerprint density at radius 2 is 2.00 bits per heavy atom. The molecule has 0 spiro atoms. The quantitative estimate of drug-likeness (QED) is 0.0912. The summed E-state index contributed by atoms with van der Waals surface area (Å²) in [6.07, 6.45) is 2.21. The number of nitrogen functional groups attached to an aromatic ring is 1. The first-order valence-corrected chi connectivity index (χ1v) is 14.1. The Hall–Kier alpha value is -2.77. The first kappa shape index (κ1) is 28.8. The number of aliphatic carboxylic acids is 1. The number of carbonyl (C=O) groups excluding carboxylic acids is 3. The molecule has 0 saturated carbocycles. The molecule has 0 aromatic carbocycles. The summed E-state index contributed by atoms with van der Waals surface area (Å²) in [5.74, 6) is -2.06. The van der Waals surface area contributed by atoms with Gasteiger partial charge in [-0.1, -0.05) is 5.16 Å². The Morgan fingerprint density at radius 1 is 1.38 bits per heavy atom. The van der Waals surface area contributed by atoms with Crippen molar-refractivity contribution in [3.05, 3.63) is 22.3 Å². The number of aromatic nitrogens is 1. The minimum Gasteiger partial charge on any atom is -0.543 e. The van der Waals surface area contributed by atoms with E-state index < -0.39 is 39.6 Å². The number of hydrogen-bond donors (Lipinski definition) is 4. The fourth-order valence-electron chi connectivity index (χ4n) is 4.41. The average Bonchev–Trinajstić information content (AvgIpc) is 3.42. The monoisotopic (exact) mass is 578 g/mol. The zero-order chi connectivity index (χ0) is 27.5. The highest BCUT2D eigenvalue weighted by molar-refractivity contribution is 8.00. The second kappa shape index (κ2) is 11.3. The highest BCUT2D eigenvalue weighted by Crippen LogP contribution is 2.41. The summed E-state index contributed by atoms with van der Waals surface area (Å²) in [6, 6.07) is -0.891. The van der Waals surface area contributed by atoms with E-state index in [0.717, 1.165) is 41.8 Å². The molecule has 2 saturated heterocycles. The van der Waals surface area contributed by atoms with E-state index in [1.165, 1.54) is 23.8 Å². The number of nitrogens with two attached hydrogens (primary N) is 1. The number of nitrogens with zero attached hydrogens (tertiary/aromatic N) is 4. The zero-order valence-corrected chi connectivity index (χ0v) is 22.3. The van der Waals surface area contributed by atoms with Gasteiger partial charge in [0.1, 0.15) is 30.8 Å². The van der Waals surface area contributed by atoms with E-state index in [0.29, 0.717) is 17.9 Å². The summed E-state index contributed by atoms with van der Waals surface area (Å²) in [7, 11) is -1.27. The molecular weight excluding hydrogens is 552 g/mol. The van der Waals surface area contributed by atoms with Crippen molar-refractivity contribution in [1.82, 2.24) is 15.2 Å². The van der Waals surface area contributed by atoms with Crippen molar-refractivity contribution in [2.45, 2.75) is 24.3 Å². The van der Waals surface area contributed by atoms with Crippen LogP contribution in [0.2, 0.25) is 0 Å². The topological polar surface area (TPSA) is 225 Å². The molecule has 37 heavy (non-hydrogen) atoms. The van der Waals surface area contributed by atoms with E-state index >= 15 is 0 Å². The summed E-state index contributed by atoms with van der Waals surface area (Å²) < 4.78 is 32.3. The third-order valence-electron chi connectivity index (χ3n) is 5.91. The number of β-lactam (4-membered cyclic amide) rings is 1. The maximum atomic E-state index is 12.9. The Balaban J connectivity index is 0.000000695. The Labute approximate surface area is 220 Å². The number of carbonyl (C=O) groups is 3. The minimum atomic E-state index is -4.67. The van der Waals surface area contributed by atoms with Gasteiger partial charge in [0, 0.05) is 29.5 Å². The van der Waals surface area contributed by atoms with Gasteiger partial charge in [-0.2, -0.15) is 8.42 Å². The highest BCUT2D eigenvalue weighted by Gasteiger charge is 2.53. The van der Waals surface area contributed by atoms with E-state index in [4.69, 9.17) is 28.1 Å². The lowest BCUT2D eigenvalue weighted by Crippen LogP contribution is -2.71. The van der Waals surface area contributed by atoms with Crippen LogP contribution in [0.3, 0.4) is 0 Å². The van der Waals surface area contributed by atoms with Crippen LogP contribution < -0.4 is 16.2 Å². The number of anilines is 1. The van der Waals surface area contributed by atoms with E-state index in [-0.39, 0.29) is 22.2 Å². The molecule has 15 nitrogen and oxygen atoms in total. The lowest BCUT2D eigenvalue weighted by molar-refractivity contribution is -0.893. The van der Waals surface area contributed by atoms with Crippen molar-refractivity contribution in [1.29, 1.82) is 0 Å². The second-order valence-corrected chi connectivity index (χ2v) is 11.6. The van der Waals surface area contributed by atoms with E-state index in [1.807, 2.05) is 0 Å². The summed E-state index contributed by atoms with van der Waals surface area (Å²) in [5.41, 5.74) is 6.39. The molecule has 204 valence electrons. The van der Waals surface area contributed by atoms with Crippen LogP contribution in [0.15, 0.2) is 21.8 Å². The Bertz CT molecular complexity index is 1230. The van der Waals surface area contributed by atoms with Crippen molar-refractivity contribution < 1.29 is 46.3 Å². The smallest absolute Gasteiger partial charge is 0.394 e. The number of likely N-dealkylation sites (tertiary alicyclic amines) is 1. The molecule has 4 rings (SSSR count). The predicted octanol–water partition coefficient (Wildman–Crippen LogP) is -1.93. The number of carboxylic acid groups (broad SMARTS) is 1. The third kappa shape index (κ3) is 6.96. The number of thioether (sulfide) groups is 1. The van der Waals surface area contributed by atoms with E-state index in [9.17, 15) is 19.5 Å². The molecule has 0 aliphatic carbocycles. The number of hydrogen-bond acceptors (Lipinski definition) is 12. The van der Waals surface area contributed by atoms with Crippen molar-refractivity contribution in [3.63, 3.8) is 0 Å². The summed E-state index contributed by atoms with van der Waals surface area (Å²) in [5, 5.41) is 19.6. The lowest BCUT2D eigenvalue weighted by atomic mass is 10.0. The van der Waals surface area contributed by atoms with Gasteiger partial charge >= 0.3 is 10.4 Å². The van der Waals surface area contributed by atoms with E-state index in [2.05, 4.69) is 22.5 Å². The molecule has 1 aromatic heterocycles. The fourth-order valence-corrected chi connectivity index (χ4v) is 6.30. The van der Waals surface area contributed by atoms with Crippen molar-refractivity contribution in [2.75, 3.05) is 45.3 Å². The predicted molar refractivity (Wildman–Crippen MR) is 131 cm³/mol. The molecule has 2 fully saturated rings. The molecular formula is C19H26N6O9S3. The maximum absolute atomic E-state index is 12.9. The molecule has 3 aliphatic rings. The van der Waals surface area contributed by atoms with Gasteiger partial charge in [-0.25, -0.2) is 4.98 Å². The number of carboxylic acids is 1. The number of likely N-dealkylation sites (N-methyl/N-ethyl adjacent to an activating group) is 1. The van der Waals surface area contributed by atoms with Gasteiger partial charge in [0.25, 0.3) is 11.8 Å². The molecule has 1 aromatic rings. The van der Waals surface area contributed by atoms with Gasteiger partial charge in [0.05, 0.1) is 31.8 Å². The first-order valence-electron chi connectivity index (χ1n) is 10.8. The molecule has 3 aliphatic heterocycles. The molecule has 2 amide bonds. The summed E-state index contributed by atoms with van der Waals surface area (Å²) in [6.45, 7) is 2.53. The summed E-state index contributed by atoms with van der Waals surface area (Å²) in [4.78, 5) is 47.7. The van der Waals surface area contributed by atoms with Gasteiger partial charge in [0.2, 0.25) is 0 Å². The number of oxime groups is 1. The van der Waals surface area contributed by atoms with Crippen LogP contribution in [0.1, 0.15) is 18.5 Å². The number of fused-ring (bicyclic) bond motifs is 1. The van der Waals surface area contributed by atoms with Crippen LogP contribution in [0.5, 0.6) is 0 Å². The van der Waals surface area contributed by atoms with Crippen LogP contribution in [0, 0.1) is 0 Å². The van der Waals surface area contributed by atoms with Crippen molar-refractivity contribution in [3.8, 4) is 0 Å². The number of nitrogens with one attached hydrogen (secondary N) is 1. The van der Waals surface area contributed by atoms with Gasteiger partial charge in [-0.05, 0) is 0 Å². The second-order valence-electron chi connectivity index (χ2n) is 8.67. The normalized spacial score (nSPS) is 23.0. The number of amides is 2. The van der Waals surface area contributed by atoms with Gasteiger partial charge in [-0.3, -0.25) is 23.6 Å². The zero-order valence-electron chi connectivity index (χ0n) is 19.8. The number of thiazole rings is 1. The molecule has 2 atom stereocenters. The number of quaternary nitrogens is 1. The van der Waals surface area contributed by atoms with Crippen LogP contribution in [-0.2, 0) is 29.6 Å². The summed E-state index contributed by atoms with van der Waals surface area (Å²) >= 11 is 2.57. The van der Waals surface area contributed by atoms with Gasteiger partial charge < -0.3 is 30.3 Å². The van der Waals surface area contributed by atoms with Crippen LogP contribution in [0.4, 0.5) is 5.13 Å². The van der Waals surface area contributed by atoms with Crippen LogP contribution >= 0.6 is 23.1 Å². The van der Waals surface area contributed by atoms with Crippen LogP contribution in [0.25, 0.3) is 0 Å². The molecule has 5 N–H and O–H groups in total. The number of rotatable bonds is 7. The van der Waals surface area contributed by atoms with Crippen molar-refractivity contribution >= 4 is 62.1 Å². The maximum Gasteiger partial charge on any atom is 0.394 e. The SMILES string of the molecule is CO/N=C(\C(=O)N[C@@H]1C(=O)N2C(C(=O)[O-])=C(C[N+]3(C)CCCC3)CS[C@H]12)c1csc(N)n1.O=S(=O)(O)O. The standard InChI is InChI=1S/C19H24N6O5S2.H2O4S/c1-25(5-3-4-6-25)7-10-8-31-17-13(16(27)24(17)14(10)18(28)29)22-15(26)12(23-30-2)11-9-32-19(20)21-11;1-5(2,3)4/h9,13,17H,3-8H2,1-2H3,(H3-,20,21,22,26,28,29);(H2,1,2,3,4)/b23-12-;/t13-,17-;/m1./s1. The molecule has 4 heterocycles. The third-order valence-corrected chi connectivity index (χ3v) is 7.92.